The molecule has 1 unspecified atom stereocenters. The molecule has 7 nitrogen and oxygen atoms in total. The molecule has 0 spiro atoms. The summed E-state index contributed by atoms with van der Waals surface area (Å²) in [5.41, 5.74) is 2.02. The molecule has 2 fully saturated rings. The lowest BCUT2D eigenvalue weighted by Gasteiger charge is -2.32. The van der Waals surface area contributed by atoms with Crippen LogP contribution >= 0.6 is 12.4 Å². The molecule has 2 aliphatic rings. The van der Waals surface area contributed by atoms with E-state index in [4.69, 9.17) is 0 Å². The first-order chi connectivity index (χ1) is 13.0. The van der Waals surface area contributed by atoms with Crippen molar-refractivity contribution in [1.29, 1.82) is 0 Å². The largest absolute Gasteiger partial charge is 0.480 e. The molecule has 2 amide bonds. The van der Waals surface area contributed by atoms with Crippen LogP contribution in [-0.2, 0) is 27.5 Å². The highest BCUT2D eigenvalue weighted by Gasteiger charge is 2.29. The Hall–Kier alpha value is -2.12. The van der Waals surface area contributed by atoms with Crippen molar-refractivity contribution in [3.8, 4) is 0 Å². The molecule has 28 heavy (non-hydrogen) atoms. The van der Waals surface area contributed by atoms with E-state index in [0.29, 0.717) is 32.5 Å². The molecule has 1 aromatic rings. The van der Waals surface area contributed by atoms with Gasteiger partial charge in [0.05, 0.1) is 6.54 Å². The van der Waals surface area contributed by atoms with E-state index in [2.05, 4.69) is 5.32 Å². The molecule has 0 saturated carbocycles. The summed E-state index contributed by atoms with van der Waals surface area (Å²) in [5.74, 6) is -0.850. The number of hydrogen-bond donors (Lipinski definition) is 2. The van der Waals surface area contributed by atoms with Crippen LogP contribution in [0.3, 0.4) is 0 Å². The molecule has 8 heteroatoms. The van der Waals surface area contributed by atoms with Crippen molar-refractivity contribution in [2.75, 3.05) is 19.6 Å². The van der Waals surface area contributed by atoms with Crippen molar-refractivity contribution in [1.82, 2.24) is 15.1 Å². The SMILES string of the molecule is Cl.O=C(CN1CCCCC1C(=O)O)NCc1ccccc1CN1CCCC1=O. The Morgan fingerprint density at radius 1 is 1.11 bits per heavy atom. The lowest BCUT2D eigenvalue weighted by atomic mass is 10.0. The standard InChI is InChI=1S/C20H27N3O4.ClH/c24-18(14-22-10-4-3-8-17(22)20(26)27)21-12-15-6-1-2-7-16(15)13-23-11-5-9-19(23)25;/h1-2,6-7,17H,3-5,8-14H2,(H,21,24)(H,26,27);1H. The number of carboxylic acids is 1. The molecule has 0 aliphatic carbocycles. The Balaban J connectivity index is 0.00000280. The van der Waals surface area contributed by atoms with Gasteiger partial charge in [-0.15, -0.1) is 12.4 Å². The summed E-state index contributed by atoms with van der Waals surface area (Å²) >= 11 is 0. The van der Waals surface area contributed by atoms with E-state index in [0.717, 1.165) is 36.9 Å². The summed E-state index contributed by atoms with van der Waals surface area (Å²) < 4.78 is 0. The van der Waals surface area contributed by atoms with Crippen molar-refractivity contribution in [3.63, 3.8) is 0 Å². The van der Waals surface area contributed by atoms with Crippen LogP contribution in [0.4, 0.5) is 0 Å². The molecule has 0 bridgehead atoms. The van der Waals surface area contributed by atoms with Crippen LogP contribution in [0.25, 0.3) is 0 Å². The van der Waals surface area contributed by atoms with Crippen LogP contribution in [-0.4, -0.2) is 58.4 Å². The number of amides is 2. The first-order valence-corrected chi connectivity index (χ1v) is 9.62. The van der Waals surface area contributed by atoms with Gasteiger partial charge in [-0.05, 0) is 36.9 Å². The number of carboxylic acid groups (broad SMARTS) is 1. The first kappa shape index (κ1) is 22.2. The van der Waals surface area contributed by atoms with Gasteiger partial charge in [-0.3, -0.25) is 19.3 Å². The summed E-state index contributed by atoms with van der Waals surface area (Å²) in [6.07, 6.45) is 3.91. The van der Waals surface area contributed by atoms with E-state index in [1.54, 1.807) is 4.90 Å². The molecule has 2 N–H and O–H groups in total. The summed E-state index contributed by atoms with van der Waals surface area (Å²) in [6, 6.07) is 7.22. The molecule has 0 aromatic heterocycles. The minimum Gasteiger partial charge on any atom is -0.480 e. The maximum absolute atomic E-state index is 12.4. The topological polar surface area (TPSA) is 89.9 Å². The summed E-state index contributed by atoms with van der Waals surface area (Å²) in [6.45, 7) is 2.47. The summed E-state index contributed by atoms with van der Waals surface area (Å²) in [5, 5.41) is 12.2. The molecular formula is C20H28ClN3O4. The first-order valence-electron chi connectivity index (χ1n) is 9.62. The van der Waals surface area contributed by atoms with Gasteiger partial charge >= 0.3 is 5.97 Å². The molecule has 2 aliphatic heterocycles. The van der Waals surface area contributed by atoms with Gasteiger partial charge in [-0.2, -0.15) is 0 Å². The number of halogens is 1. The highest BCUT2D eigenvalue weighted by atomic mass is 35.5. The number of rotatable bonds is 7. The monoisotopic (exact) mass is 409 g/mol. The molecule has 2 heterocycles. The normalized spacial score (nSPS) is 19.9. The number of nitrogens with zero attached hydrogens (tertiary/aromatic N) is 2. The van der Waals surface area contributed by atoms with Crippen molar-refractivity contribution >= 4 is 30.2 Å². The van der Waals surface area contributed by atoms with E-state index in [1.807, 2.05) is 29.2 Å². The molecule has 3 rings (SSSR count). The maximum atomic E-state index is 12.4. The van der Waals surface area contributed by atoms with Crippen LogP contribution in [0, 0.1) is 0 Å². The van der Waals surface area contributed by atoms with Gasteiger partial charge in [0.2, 0.25) is 11.8 Å². The zero-order valence-electron chi connectivity index (χ0n) is 15.9. The number of benzene rings is 1. The van der Waals surface area contributed by atoms with Crippen molar-refractivity contribution < 1.29 is 19.5 Å². The lowest BCUT2D eigenvalue weighted by molar-refractivity contribution is -0.145. The second-order valence-corrected chi connectivity index (χ2v) is 7.28. The summed E-state index contributed by atoms with van der Waals surface area (Å²) in [7, 11) is 0. The maximum Gasteiger partial charge on any atom is 0.320 e. The Bertz CT molecular complexity index is 712. The van der Waals surface area contributed by atoms with Gasteiger partial charge in [0.15, 0.2) is 0 Å². The third kappa shape index (κ3) is 5.69. The van der Waals surface area contributed by atoms with Crippen LogP contribution < -0.4 is 5.32 Å². The smallest absolute Gasteiger partial charge is 0.320 e. The molecular weight excluding hydrogens is 382 g/mol. The number of piperidine rings is 1. The molecule has 2 saturated heterocycles. The highest BCUT2D eigenvalue weighted by Crippen LogP contribution is 2.18. The zero-order valence-corrected chi connectivity index (χ0v) is 16.7. The minimum absolute atomic E-state index is 0. The second-order valence-electron chi connectivity index (χ2n) is 7.28. The fourth-order valence-electron chi connectivity index (χ4n) is 3.86. The van der Waals surface area contributed by atoms with Gasteiger partial charge in [0, 0.05) is 26.1 Å². The number of hydrogen-bond acceptors (Lipinski definition) is 4. The van der Waals surface area contributed by atoms with E-state index in [9.17, 15) is 19.5 Å². The summed E-state index contributed by atoms with van der Waals surface area (Å²) in [4.78, 5) is 39.2. The molecule has 154 valence electrons. The predicted molar refractivity (Wildman–Crippen MR) is 107 cm³/mol. The third-order valence-corrected chi connectivity index (χ3v) is 5.37. The molecule has 0 radical (unpaired) electrons. The predicted octanol–water partition coefficient (Wildman–Crippen LogP) is 1.79. The van der Waals surface area contributed by atoms with Gasteiger partial charge in [0.25, 0.3) is 0 Å². The lowest BCUT2D eigenvalue weighted by Crippen LogP contribution is -2.48. The quantitative estimate of drug-likeness (QED) is 0.716. The number of likely N-dealkylation sites (tertiary alicyclic amines) is 2. The third-order valence-electron chi connectivity index (χ3n) is 5.37. The Morgan fingerprint density at radius 2 is 1.86 bits per heavy atom. The average Bonchev–Trinajstić information content (AvgIpc) is 3.06. The van der Waals surface area contributed by atoms with Crippen molar-refractivity contribution in [2.24, 2.45) is 0 Å². The van der Waals surface area contributed by atoms with Crippen molar-refractivity contribution in [2.45, 2.75) is 51.2 Å². The Labute approximate surface area is 171 Å². The Kier molecular flexibility index (Phi) is 8.26. The van der Waals surface area contributed by atoms with Crippen LogP contribution in [0.1, 0.15) is 43.2 Å². The minimum atomic E-state index is -0.858. The highest BCUT2D eigenvalue weighted by molar-refractivity contribution is 5.85. The van der Waals surface area contributed by atoms with Crippen LogP contribution in [0.15, 0.2) is 24.3 Å². The van der Waals surface area contributed by atoms with Crippen molar-refractivity contribution in [3.05, 3.63) is 35.4 Å². The van der Waals surface area contributed by atoms with Gasteiger partial charge in [-0.1, -0.05) is 30.7 Å². The van der Waals surface area contributed by atoms with Gasteiger partial charge in [0.1, 0.15) is 6.04 Å². The molecule has 1 aromatic carbocycles. The van der Waals surface area contributed by atoms with Crippen LogP contribution in [0.2, 0.25) is 0 Å². The van der Waals surface area contributed by atoms with E-state index in [1.165, 1.54) is 0 Å². The van der Waals surface area contributed by atoms with Gasteiger partial charge in [-0.25, -0.2) is 0 Å². The number of carbonyl (C=O) groups is 3. The second kappa shape index (κ2) is 10.4. The Morgan fingerprint density at radius 3 is 2.54 bits per heavy atom. The number of nitrogens with one attached hydrogen (secondary N) is 1. The van der Waals surface area contributed by atoms with E-state index >= 15 is 0 Å². The van der Waals surface area contributed by atoms with E-state index < -0.39 is 12.0 Å². The van der Waals surface area contributed by atoms with Crippen LogP contribution in [0.5, 0.6) is 0 Å². The average molecular weight is 410 g/mol. The number of aliphatic carboxylic acids is 1. The fraction of sp³-hybridized carbons (Fsp3) is 0.550. The molecule has 1 atom stereocenters. The van der Waals surface area contributed by atoms with E-state index in [-0.39, 0.29) is 30.8 Å². The zero-order chi connectivity index (χ0) is 19.2. The van der Waals surface area contributed by atoms with Gasteiger partial charge < -0.3 is 15.3 Å². The number of carbonyl (C=O) groups excluding carboxylic acids is 2. The fourth-order valence-corrected chi connectivity index (χ4v) is 3.86.